The van der Waals surface area contributed by atoms with Crippen LogP contribution in [0.15, 0.2) is 47.3 Å². The first-order valence-corrected chi connectivity index (χ1v) is 8.42. The molecule has 0 aliphatic heterocycles. The van der Waals surface area contributed by atoms with Crippen molar-refractivity contribution in [1.29, 1.82) is 0 Å². The summed E-state index contributed by atoms with van der Waals surface area (Å²) in [4.78, 5) is 27.4. The van der Waals surface area contributed by atoms with E-state index >= 15 is 0 Å². The standard InChI is InChI=1S/C21H22N2O2/c1-13-7-9-18(15(3)11-13)22-19(24)10-8-17-12-16-6-4-5-14(2)20(16)23-21(17)25/h4-7,9,11-12H,8,10H2,1-3H3,(H,22,24)(H,23,25). The summed E-state index contributed by atoms with van der Waals surface area (Å²) < 4.78 is 0. The molecule has 1 amide bonds. The van der Waals surface area contributed by atoms with Crippen LogP contribution >= 0.6 is 0 Å². The topological polar surface area (TPSA) is 62.0 Å². The Morgan fingerprint density at radius 2 is 1.84 bits per heavy atom. The second kappa shape index (κ2) is 6.93. The van der Waals surface area contributed by atoms with Gasteiger partial charge in [-0.1, -0.05) is 35.9 Å². The molecule has 0 fully saturated rings. The van der Waals surface area contributed by atoms with Crippen molar-refractivity contribution in [2.75, 3.05) is 5.32 Å². The summed E-state index contributed by atoms with van der Waals surface area (Å²) >= 11 is 0. The minimum absolute atomic E-state index is 0.0873. The van der Waals surface area contributed by atoms with Crippen molar-refractivity contribution in [3.8, 4) is 0 Å². The first kappa shape index (κ1) is 17.0. The van der Waals surface area contributed by atoms with Crippen LogP contribution in [-0.2, 0) is 11.2 Å². The lowest BCUT2D eigenvalue weighted by atomic mass is 10.1. The van der Waals surface area contributed by atoms with Crippen LogP contribution in [0.5, 0.6) is 0 Å². The smallest absolute Gasteiger partial charge is 0.251 e. The van der Waals surface area contributed by atoms with Crippen LogP contribution in [0.4, 0.5) is 5.69 Å². The molecule has 0 bridgehead atoms. The minimum atomic E-state index is -0.124. The molecule has 0 saturated heterocycles. The monoisotopic (exact) mass is 334 g/mol. The summed E-state index contributed by atoms with van der Waals surface area (Å²) in [5.74, 6) is -0.0873. The lowest BCUT2D eigenvalue weighted by molar-refractivity contribution is -0.116. The van der Waals surface area contributed by atoms with E-state index in [0.29, 0.717) is 12.0 Å². The summed E-state index contributed by atoms with van der Waals surface area (Å²) in [6, 6.07) is 13.7. The number of anilines is 1. The molecule has 0 spiro atoms. The Bertz CT molecular complexity index is 1000. The van der Waals surface area contributed by atoms with Crippen LogP contribution in [0.2, 0.25) is 0 Å². The molecule has 0 radical (unpaired) electrons. The highest BCUT2D eigenvalue weighted by molar-refractivity contribution is 5.91. The molecule has 0 atom stereocenters. The van der Waals surface area contributed by atoms with E-state index in [4.69, 9.17) is 0 Å². The van der Waals surface area contributed by atoms with E-state index < -0.39 is 0 Å². The summed E-state index contributed by atoms with van der Waals surface area (Å²) in [6.45, 7) is 5.96. The fourth-order valence-electron chi connectivity index (χ4n) is 3.03. The van der Waals surface area contributed by atoms with Gasteiger partial charge < -0.3 is 10.3 Å². The van der Waals surface area contributed by atoms with E-state index in [1.165, 1.54) is 0 Å². The molecule has 3 rings (SSSR count). The summed E-state index contributed by atoms with van der Waals surface area (Å²) in [5.41, 5.74) is 5.42. The Kier molecular flexibility index (Phi) is 4.70. The van der Waals surface area contributed by atoms with Gasteiger partial charge in [-0.15, -0.1) is 0 Å². The first-order valence-electron chi connectivity index (χ1n) is 8.42. The van der Waals surface area contributed by atoms with Crippen molar-refractivity contribution in [3.05, 3.63) is 75.1 Å². The number of aromatic nitrogens is 1. The number of amides is 1. The van der Waals surface area contributed by atoms with Gasteiger partial charge in [-0.25, -0.2) is 0 Å². The van der Waals surface area contributed by atoms with Crippen LogP contribution in [-0.4, -0.2) is 10.9 Å². The molecule has 3 aromatic rings. The second-order valence-corrected chi connectivity index (χ2v) is 6.53. The molecule has 0 aliphatic carbocycles. The number of benzene rings is 2. The number of aromatic amines is 1. The first-order chi connectivity index (χ1) is 11.9. The van der Waals surface area contributed by atoms with E-state index in [1.807, 2.05) is 63.2 Å². The number of para-hydroxylation sites is 1. The molecular weight excluding hydrogens is 312 g/mol. The van der Waals surface area contributed by atoms with Gasteiger partial charge in [0.15, 0.2) is 0 Å². The van der Waals surface area contributed by atoms with Crippen molar-refractivity contribution in [2.45, 2.75) is 33.6 Å². The van der Waals surface area contributed by atoms with Crippen LogP contribution in [0.25, 0.3) is 10.9 Å². The fourth-order valence-corrected chi connectivity index (χ4v) is 3.03. The van der Waals surface area contributed by atoms with E-state index in [9.17, 15) is 9.59 Å². The van der Waals surface area contributed by atoms with Crippen LogP contribution in [0, 0.1) is 20.8 Å². The lowest BCUT2D eigenvalue weighted by Gasteiger charge is -2.09. The van der Waals surface area contributed by atoms with E-state index in [1.54, 1.807) is 0 Å². The Hall–Kier alpha value is -2.88. The molecule has 25 heavy (non-hydrogen) atoms. The molecule has 4 heteroatoms. The van der Waals surface area contributed by atoms with Gasteiger partial charge in [-0.05, 0) is 55.8 Å². The molecule has 128 valence electrons. The van der Waals surface area contributed by atoms with Gasteiger partial charge in [0.25, 0.3) is 5.56 Å². The van der Waals surface area contributed by atoms with E-state index in [-0.39, 0.29) is 17.9 Å². The Morgan fingerprint density at radius 1 is 1.04 bits per heavy atom. The minimum Gasteiger partial charge on any atom is -0.326 e. The van der Waals surface area contributed by atoms with Gasteiger partial charge in [-0.2, -0.15) is 0 Å². The number of nitrogens with one attached hydrogen (secondary N) is 2. The van der Waals surface area contributed by atoms with E-state index in [2.05, 4.69) is 10.3 Å². The zero-order chi connectivity index (χ0) is 18.0. The molecule has 4 nitrogen and oxygen atoms in total. The van der Waals surface area contributed by atoms with Gasteiger partial charge in [0, 0.05) is 17.7 Å². The average molecular weight is 334 g/mol. The van der Waals surface area contributed by atoms with Gasteiger partial charge in [0.2, 0.25) is 5.91 Å². The molecule has 0 aliphatic rings. The van der Waals surface area contributed by atoms with Crippen molar-refractivity contribution < 1.29 is 4.79 Å². The molecule has 1 heterocycles. The third-order valence-electron chi connectivity index (χ3n) is 4.44. The number of fused-ring (bicyclic) bond motifs is 1. The summed E-state index contributed by atoms with van der Waals surface area (Å²) in [7, 11) is 0. The number of H-pyrrole nitrogens is 1. The predicted molar refractivity (Wildman–Crippen MR) is 102 cm³/mol. The van der Waals surface area contributed by atoms with Crippen LogP contribution in [0.1, 0.15) is 28.7 Å². The third-order valence-corrected chi connectivity index (χ3v) is 4.44. The maximum absolute atomic E-state index is 12.3. The summed E-state index contributed by atoms with van der Waals surface area (Å²) in [5, 5.41) is 3.91. The zero-order valence-corrected chi connectivity index (χ0v) is 14.8. The number of rotatable bonds is 4. The number of hydrogen-bond acceptors (Lipinski definition) is 2. The normalized spacial score (nSPS) is 10.8. The quantitative estimate of drug-likeness (QED) is 0.757. The lowest BCUT2D eigenvalue weighted by Crippen LogP contribution is -2.17. The number of carbonyl (C=O) groups is 1. The second-order valence-electron chi connectivity index (χ2n) is 6.53. The van der Waals surface area contributed by atoms with Crippen molar-refractivity contribution in [3.63, 3.8) is 0 Å². The average Bonchev–Trinajstić information content (AvgIpc) is 2.56. The summed E-state index contributed by atoms with van der Waals surface area (Å²) in [6.07, 6.45) is 0.684. The van der Waals surface area contributed by atoms with Crippen molar-refractivity contribution in [1.82, 2.24) is 4.98 Å². The molecule has 2 aromatic carbocycles. The Morgan fingerprint density at radius 3 is 2.60 bits per heavy atom. The van der Waals surface area contributed by atoms with Gasteiger partial charge >= 0.3 is 0 Å². The molecule has 1 aromatic heterocycles. The van der Waals surface area contributed by atoms with E-state index in [0.717, 1.165) is 33.3 Å². The van der Waals surface area contributed by atoms with Gasteiger partial charge in [0.1, 0.15) is 0 Å². The zero-order valence-electron chi connectivity index (χ0n) is 14.8. The highest BCUT2D eigenvalue weighted by Crippen LogP contribution is 2.17. The highest BCUT2D eigenvalue weighted by Gasteiger charge is 2.09. The van der Waals surface area contributed by atoms with Crippen LogP contribution < -0.4 is 10.9 Å². The largest absolute Gasteiger partial charge is 0.326 e. The number of carbonyl (C=O) groups excluding carboxylic acids is 1. The molecular formula is C21H22N2O2. The number of aryl methyl sites for hydroxylation is 4. The van der Waals surface area contributed by atoms with Crippen molar-refractivity contribution >= 4 is 22.5 Å². The van der Waals surface area contributed by atoms with Gasteiger partial charge in [0.05, 0.1) is 5.52 Å². The maximum atomic E-state index is 12.3. The predicted octanol–water partition coefficient (Wildman–Crippen LogP) is 4.02. The Labute approximate surface area is 146 Å². The van der Waals surface area contributed by atoms with Gasteiger partial charge in [-0.3, -0.25) is 9.59 Å². The molecule has 0 unspecified atom stereocenters. The highest BCUT2D eigenvalue weighted by atomic mass is 16.1. The number of pyridine rings is 1. The Balaban J connectivity index is 1.73. The SMILES string of the molecule is Cc1ccc(NC(=O)CCc2cc3cccc(C)c3[nH]c2=O)c(C)c1. The number of hydrogen-bond donors (Lipinski definition) is 2. The van der Waals surface area contributed by atoms with Crippen LogP contribution in [0.3, 0.4) is 0 Å². The van der Waals surface area contributed by atoms with Crippen molar-refractivity contribution in [2.24, 2.45) is 0 Å². The molecule has 2 N–H and O–H groups in total. The third kappa shape index (κ3) is 3.79. The maximum Gasteiger partial charge on any atom is 0.251 e. The fraction of sp³-hybridized carbons (Fsp3) is 0.238. The molecule has 0 saturated carbocycles.